The molecule has 3 heteroatoms. The fourth-order valence-electron chi connectivity index (χ4n) is 3.63. The molecule has 0 aromatic rings. The fraction of sp³-hybridized carbons (Fsp3) is 1.00. The van der Waals surface area contributed by atoms with Gasteiger partial charge < -0.3 is 5.32 Å². The topological polar surface area (TPSA) is 18.5 Å². The molecule has 112 valence electrons. The van der Waals surface area contributed by atoms with Crippen LogP contribution in [0.3, 0.4) is 0 Å². The lowest BCUT2D eigenvalue weighted by molar-refractivity contribution is 0.0980. The summed E-state index contributed by atoms with van der Waals surface area (Å²) in [7, 11) is 0. The molecule has 2 rings (SSSR count). The average Bonchev–Trinajstić information content (AvgIpc) is 2.94. The predicted molar refractivity (Wildman–Crippen MR) is 82.6 cm³/mol. The van der Waals surface area contributed by atoms with Crippen molar-refractivity contribution >= 4 is 0 Å². The Morgan fingerprint density at radius 3 is 2.42 bits per heavy atom. The van der Waals surface area contributed by atoms with Crippen molar-refractivity contribution in [3.05, 3.63) is 0 Å². The second-order valence-electron chi connectivity index (χ2n) is 6.46. The van der Waals surface area contributed by atoms with E-state index in [1.54, 1.807) is 0 Å². The number of nitrogens with zero attached hydrogens (tertiary/aromatic N) is 2. The molecular weight excluding hydrogens is 234 g/mol. The lowest BCUT2D eigenvalue weighted by Crippen LogP contribution is -2.51. The van der Waals surface area contributed by atoms with Crippen molar-refractivity contribution in [1.29, 1.82) is 0 Å². The van der Waals surface area contributed by atoms with Gasteiger partial charge in [0.15, 0.2) is 0 Å². The van der Waals surface area contributed by atoms with Crippen molar-refractivity contribution in [3.8, 4) is 0 Å². The maximum absolute atomic E-state index is 3.64. The lowest BCUT2D eigenvalue weighted by Gasteiger charge is -2.38. The summed E-state index contributed by atoms with van der Waals surface area (Å²) in [4.78, 5) is 5.38. The van der Waals surface area contributed by atoms with Crippen molar-refractivity contribution in [2.45, 2.75) is 64.5 Å². The normalized spacial score (nSPS) is 24.9. The van der Waals surface area contributed by atoms with Gasteiger partial charge in [0, 0.05) is 51.4 Å². The Hall–Kier alpha value is -0.120. The minimum atomic E-state index is 0.685. The van der Waals surface area contributed by atoms with E-state index in [0.717, 1.165) is 12.6 Å². The molecule has 0 aromatic heterocycles. The van der Waals surface area contributed by atoms with Gasteiger partial charge in [0.25, 0.3) is 0 Å². The second kappa shape index (κ2) is 8.23. The molecule has 0 bridgehead atoms. The van der Waals surface area contributed by atoms with Gasteiger partial charge in [-0.3, -0.25) is 9.80 Å². The molecule has 1 N–H and O–H groups in total. The molecule has 0 spiro atoms. The molecule has 1 aliphatic carbocycles. The van der Waals surface area contributed by atoms with Crippen LogP contribution in [0.25, 0.3) is 0 Å². The van der Waals surface area contributed by atoms with Crippen LogP contribution in [0.15, 0.2) is 0 Å². The first-order valence-corrected chi connectivity index (χ1v) is 8.49. The van der Waals surface area contributed by atoms with Gasteiger partial charge in [-0.1, -0.05) is 26.2 Å². The van der Waals surface area contributed by atoms with Crippen molar-refractivity contribution in [2.75, 3.05) is 39.3 Å². The van der Waals surface area contributed by atoms with E-state index < -0.39 is 0 Å². The third kappa shape index (κ3) is 5.05. The van der Waals surface area contributed by atoms with Gasteiger partial charge >= 0.3 is 0 Å². The zero-order valence-electron chi connectivity index (χ0n) is 13.0. The summed E-state index contributed by atoms with van der Waals surface area (Å²) in [5.41, 5.74) is 0. The summed E-state index contributed by atoms with van der Waals surface area (Å²) >= 11 is 0. The first-order valence-electron chi connectivity index (χ1n) is 8.49. The highest BCUT2D eigenvalue weighted by atomic mass is 15.3. The fourth-order valence-corrected chi connectivity index (χ4v) is 3.63. The van der Waals surface area contributed by atoms with E-state index in [1.165, 1.54) is 71.2 Å². The smallest absolute Gasteiger partial charge is 0.0113 e. The predicted octanol–water partition coefficient (Wildman–Crippen LogP) is 2.32. The van der Waals surface area contributed by atoms with Crippen LogP contribution in [-0.4, -0.2) is 61.2 Å². The lowest BCUT2D eigenvalue weighted by atomic mass is 10.2. The summed E-state index contributed by atoms with van der Waals surface area (Å²) in [6.45, 7) is 12.1. The van der Waals surface area contributed by atoms with Crippen LogP contribution in [0, 0.1) is 0 Å². The van der Waals surface area contributed by atoms with Crippen molar-refractivity contribution in [1.82, 2.24) is 15.1 Å². The van der Waals surface area contributed by atoms with E-state index in [-0.39, 0.29) is 0 Å². The zero-order chi connectivity index (χ0) is 13.5. The Balaban J connectivity index is 1.55. The van der Waals surface area contributed by atoms with Crippen LogP contribution in [0.1, 0.15) is 52.4 Å². The summed E-state index contributed by atoms with van der Waals surface area (Å²) in [5.74, 6) is 0. The maximum Gasteiger partial charge on any atom is 0.0113 e. The zero-order valence-corrected chi connectivity index (χ0v) is 13.0. The van der Waals surface area contributed by atoms with E-state index in [4.69, 9.17) is 0 Å². The molecule has 2 fully saturated rings. The van der Waals surface area contributed by atoms with E-state index in [9.17, 15) is 0 Å². The highest BCUT2D eigenvalue weighted by Gasteiger charge is 2.25. The summed E-state index contributed by atoms with van der Waals surface area (Å²) in [6.07, 6.45) is 8.42. The van der Waals surface area contributed by atoms with Crippen LogP contribution in [-0.2, 0) is 0 Å². The van der Waals surface area contributed by atoms with Crippen molar-refractivity contribution in [3.63, 3.8) is 0 Å². The molecule has 2 aliphatic rings. The van der Waals surface area contributed by atoms with Crippen LogP contribution in [0.2, 0.25) is 0 Å². The summed E-state index contributed by atoms with van der Waals surface area (Å²) in [5, 5.41) is 3.64. The number of nitrogens with one attached hydrogen (secondary N) is 1. The number of rotatable bonds is 7. The van der Waals surface area contributed by atoms with Crippen LogP contribution < -0.4 is 5.32 Å². The van der Waals surface area contributed by atoms with Crippen LogP contribution in [0.5, 0.6) is 0 Å². The highest BCUT2D eigenvalue weighted by Crippen LogP contribution is 2.24. The molecule has 1 saturated heterocycles. The molecule has 19 heavy (non-hydrogen) atoms. The van der Waals surface area contributed by atoms with Crippen molar-refractivity contribution in [2.24, 2.45) is 0 Å². The highest BCUT2D eigenvalue weighted by molar-refractivity contribution is 4.82. The number of piperazine rings is 1. The Bertz CT molecular complexity index is 230. The average molecular weight is 267 g/mol. The van der Waals surface area contributed by atoms with Crippen LogP contribution >= 0.6 is 0 Å². The molecule has 1 unspecified atom stereocenters. The number of hydrogen-bond donors (Lipinski definition) is 1. The molecule has 1 heterocycles. The SMILES string of the molecule is CCCC(C)NCCN1CCN(C2CCCC2)CC1. The standard InChI is InChI=1S/C16H33N3/c1-3-6-15(2)17-9-10-18-11-13-19(14-12-18)16-7-4-5-8-16/h15-17H,3-14H2,1-2H3. The van der Waals surface area contributed by atoms with E-state index in [0.29, 0.717) is 6.04 Å². The van der Waals surface area contributed by atoms with Gasteiger partial charge in [-0.25, -0.2) is 0 Å². The molecule has 0 aromatic carbocycles. The van der Waals surface area contributed by atoms with Crippen LogP contribution in [0.4, 0.5) is 0 Å². The molecule has 0 radical (unpaired) electrons. The molecule has 3 nitrogen and oxygen atoms in total. The van der Waals surface area contributed by atoms with E-state index in [1.807, 2.05) is 0 Å². The molecule has 1 saturated carbocycles. The summed E-state index contributed by atoms with van der Waals surface area (Å²) < 4.78 is 0. The quantitative estimate of drug-likeness (QED) is 0.764. The van der Waals surface area contributed by atoms with Gasteiger partial charge in [0.1, 0.15) is 0 Å². The van der Waals surface area contributed by atoms with Gasteiger partial charge in [-0.15, -0.1) is 0 Å². The largest absolute Gasteiger partial charge is 0.313 e. The molecule has 1 aliphatic heterocycles. The Labute approximate surface area is 119 Å². The minimum Gasteiger partial charge on any atom is -0.313 e. The van der Waals surface area contributed by atoms with Gasteiger partial charge in [-0.2, -0.15) is 0 Å². The van der Waals surface area contributed by atoms with Gasteiger partial charge in [0.05, 0.1) is 0 Å². The maximum atomic E-state index is 3.64. The van der Waals surface area contributed by atoms with Gasteiger partial charge in [-0.05, 0) is 26.2 Å². The third-order valence-corrected chi connectivity index (χ3v) is 4.89. The van der Waals surface area contributed by atoms with E-state index >= 15 is 0 Å². The Morgan fingerprint density at radius 1 is 1.11 bits per heavy atom. The second-order valence-corrected chi connectivity index (χ2v) is 6.46. The molecule has 1 atom stereocenters. The molecule has 0 amide bonds. The van der Waals surface area contributed by atoms with Gasteiger partial charge in [0.2, 0.25) is 0 Å². The first-order chi connectivity index (χ1) is 9.29. The molecular formula is C16H33N3. The first kappa shape index (κ1) is 15.3. The summed E-state index contributed by atoms with van der Waals surface area (Å²) in [6, 6.07) is 1.61. The van der Waals surface area contributed by atoms with Crippen molar-refractivity contribution < 1.29 is 0 Å². The Kier molecular flexibility index (Phi) is 6.62. The monoisotopic (exact) mass is 267 g/mol. The third-order valence-electron chi connectivity index (χ3n) is 4.89. The minimum absolute atomic E-state index is 0.685. The number of hydrogen-bond acceptors (Lipinski definition) is 3. The Morgan fingerprint density at radius 2 is 1.79 bits per heavy atom. The van der Waals surface area contributed by atoms with E-state index in [2.05, 4.69) is 29.0 Å².